The maximum atomic E-state index is 6.08. The zero-order chi connectivity index (χ0) is 13.8. The molecule has 0 unspecified atom stereocenters. The Kier molecular flexibility index (Phi) is 4.46. The van der Waals surface area contributed by atoms with Gasteiger partial charge in [0.2, 0.25) is 0 Å². The molecule has 0 aromatic heterocycles. The molecule has 3 heteroatoms. The van der Waals surface area contributed by atoms with Crippen molar-refractivity contribution in [2.45, 2.75) is 20.0 Å². The van der Waals surface area contributed by atoms with Crippen molar-refractivity contribution in [3.8, 4) is 0 Å². The summed E-state index contributed by atoms with van der Waals surface area (Å²) in [5.41, 5.74) is 10.5. The van der Waals surface area contributed by atoms with Gasteiger partial charge in [0.1, 0.15) is 0 Å². The van der Waals surface area contributed by atoms with Crippen LogP contribution in [0.5, 0.6) is 0 Å². The van der Waals surface area contributed by atoms with Crippen LogP contribution in [0.1, 0.15) is 16.7 Å². The van der Waals surface area contributed by atoms with Crippen molar-refractivity contribution >= 4 is 17.3 Å². The van der Waals surface area contributed by atoms with Crippen molar-refractivity contribution < 1.29 is 0 Å². The molecule has 2 rings (SSSR count). The Labute approximate surface area is 119 Å². The molecule has 19 heavy (non-hydrogen) atoms. The Morgan fingerprint density at radius 2 is 1.95 bits per heavy atom. The van der Waals surface area contributed by atoms with Crippen molar-refractivity contribution in [3.05, 3.63) is 64.2 Å². The van der Waals surface area contributed by atoms with Gasteiger partial charge in [0.25, 0.3) is 0 Å². The Morgan fingerprint density at radius 1 is 1.16 bits per heavy atom. The van der Waals surface area contributed by atoms with E-state index >= 15 is 0 Å². The van der Waals surface area contributed by atoms with E-state index in [-0.39, 0.29) is 0 Å². The fraction of sp³-hybridized carbons (Fsp3) is 0.250. The van der Waals surface area contributed by atoms with Crippen LogP contribution in [0.25, 0.3) is 0 Å². The summed E-state index contributed by atoms with van der Waals surface area (Å²) in [5, 5.41) is 0.739. The van der Waals surface area contributed by atoms with Gasteiger partial charge in [-0.1, -0.05) is 47.5 Å². The van der Waals surface area contributed by atoms with E-state index in [4.69, 9.17) is 17.3 Å². The zero-order valence-electron chi connectivity index (χ0n) is 11.4. The molecule has 0 aliphatic heterocycles. The van der Waals surface area contributed by atoms with Gasteiger partial charge in [-0.25, -0.2) is 0 Å². The lowest BCUT2D eigenvalue weighted by Crippen LogP contribution is -2.19. The number of aryl methyl sites for hydroxylation is 1. The van der Waals surface area contributed by atoms with Gasteiger partial charge in [0, 0.05) is 30.8 Å². The van der Waals surface area contributed by atoms with E-state index in [1.165, 1.54) is 11.1 Å². The largest absolute Gasteiger partial charge is 0.370 e. The van der Waals surface area contributed by atoms with E-state index < -0.39 is 0 Å². The molecular formula is C16H19ClN2. The number of nitrogens with zero attached hydrogens (tertiary/aromatic N) is 1. The van der Waals surface area contributed by atoms with Crippen LogP contribution in [0, 0.1) is 6.92 Å². The normalized spacial score (nSPS) is 10.5. The molecular weight excluding hydrogens is 256 g/mol. The molecule has 0 saturated heterocycles. The molecule has 0 amide bonds. The van der Waals surface area contributed by atoms with Crippen LogP contribution >= 0.6 is 11.6 Å². The standard InChI is InChI=1S/C16H19ClN2/c1-12-4-3-5-13(8-12)11-19(2)16-9-15(17)7-6-14(16)10-18/h3-9H,10-11,18H2,1-2H3. The van der Waals surface area contributed by atoms with Crippen LogP contribution in [0.2, 0.25) is 5.02 Å². The predicted molar refractivity (Wildman–Crippen MR) is 82.6 cm³/mol. The molecule has 0 radical (unpaired) electrons. The molecule has 0 spiro atoms. The van der Waals surface area contributed by atoms with E-state index in [1.807, 2.05) is 18.2 Å². The molecule has 0 aliphatic carbocycles. The summed E-state index contributed by atoms with van der Waals surface area (Å²) in [6.07, 6.45) is 0. The first kappa shape index (κ1) is 13.9. The van der Waals surface area contributed by atoms with Gasteiger partial charge in [-0.15, -0.1) is 0 Å². The van der Waals surface area contributed by atoms with Crippen LogP contribution in [0.15, 0.2) is 42.5 Å². The quantitative estimate of drug-likeness (QED) is 0.920. The molecule has 0 atom stereocenters. The third kappa shape index (κ3) is 3.49. The van der Waals surface area contributed by atoms with E-state index in [1.54, 1.807) is 0 Å². The van der Waals surface area contributed by atoms with E-state index in [0.717, 1.165) is 22.8 Å². The van der Waals surface area contributed by atoms with E-state index in [0.29, 0.717) is 6.54 Å². The van der Waals surface area contributed by atoms with Gasteiger partial charge < -0.3 is 10.6 Å². The van der Waals surface area contributed by atoms with Gasteiger partial charge in [0.15, 0.2) is 0 Å². The SMILES string of the molecule is Cc1cccc(CN(C)c2cc(Cl)ccc2CN)c1. The van der Waals surface area contributed by atoms with Crippen LogP contribution < -0.4 is 10.6 Å². The van der Waals surface area contributed by atoms with Gasteiger partial charge >= 0.3 is 0 Å². The average molecular weight is 275 g/mol. The Balaban J connectivity index is 2.24. The Morgan fingerprint density at radius 3 is 2.63 bits per heavy atom. The van der Waals surface area contributed by atoms with Crippen LogP contribution in [0.3, 0.4) is 0 Å². The van der Waals surface area contributed by atoms with Crippen LogP contribution in [0.4, 0.5) is 5.69 Å². The van der Waals surface area contributed by atoms with Gasteiger partial charge in [-0.2, -0.15) is 0 Å². The molecule has 0 aliphatic rings. The zero-order valence-corrected chi connectivity index (χ0v) is 12.1. The second kappa shape index (κ2) is 6.09. The fourth-order valence-corrected chi connectivity index (χ4v) is 2.40. The summed E-state index contributed by atoms with van der Waals surface area (Å²) in [4.78, 5) is 2.18. The van der Waals surface area contributed by atoms with Crippen molar-refractivity contribution in [2.75, 3.05) is 11.9 Å². The minimum Gasteiger partial charge on any atom is -0.370 e. The highest BCUT2D eigenvalue weighted by Crippen LogP contribution is 2.25. The smallest absolute Gasteiger partial charge is 0.0427 e. The van der Waals surface area contributed by atoms with Crippen molar-refractivity contribution in [1.29, 1.82) is 0 Å². The summed E-state index contributed by atoms with van der Waals surface area (Å²) in [6, 6.07) is 14.4. The molecule has 2 aromatic rings. The summed E-state index contributed by atoms with van der Waals surface area (Å²) in [5.74, 6) is 0. The van der Waals surface area contributed by atoms with Gasteiger partial charge in [-0.3, -0.25) is 0 Å². The average Bonchev–Trinajstić information content (AvgIpc) is 2.38. The minimum absolute atomic E-state index is 0.519. The number of anilines is 1. The monoisotopic (exact) mass is 274 g/mol. The summed E-state index contributed by atoms with van der Waals surface area (Å²) >= 11 is 6.08. The van der Waals surface area contributed by atoms with Crippen molar-refractivity contribution in [2.24, 2.45) is 5.73 Å². The topological polar surface area (TPSA) is 29.3 Å². The number of nitrogens with two attached hydrogens (primary N) is 1. The lowest BCUT2D eigenvalue weighted by Gasteiger charge is -2.22. The van der Waals surface area contributed by atoms with Crippen LogP contribution in [-0.4, -0.2) is 7.05 Å². The highest BCUT2D eigenvalue weighted by molar-refractivity contribution is 6.30. The van der Waals surface area contributed by atoms with E-state index in [9.17, 15) is 0 Å². The molecule has 100 valence electrons. The molecule has 0 bridgehead atoms. The predicted octanol–water partition coefficient (Wildman–Crippen LogP) is 3.74. The molecule has 0 heterocycles. The van der Waals surface area contributed by atoms with Gasteiger partial charge in [0.05, 0.1) is 0 Å². The van der Waals surface area contributed by atoms with E-state index in [2.05, 4.69) is 43.1 Å². The number of hydrogen-bond donors (Lipinski definition) is 1. The molecule has 0 saturated carbocycles. The number of rotatable bonds is 4. The third-order valence-electron chi connectivity index (χ3n) is 3.18. The number of benzene rings is 2. The molecule has 0 fully saturated rings. The highest BCUT2D eigenvalue weighted by atomic mass is 35.5. The minimum atomic E-state index is 0.519. The lowest BCUT2D eigenvalue weighted by atomic mass is 10.1. The molecule has 2 nitrogen and oxygen atoms in total. The fourth-order valence-electron chi connectivity index (χ4n) is 2.23. The number of hydrogen-bond acceptors (Lipinski definition) is 2. The summed E-state index contributed by atoms with van der Waals surface area (Å²) in [7, 11) is 2.06. The lowest BCUT2D eigenvalue weighted by molar-refractivity contribution is 0.903. The van der Waals surface area contributed by atoms with Gasteiger partial charge in [-0.05, 0) is 30.2 Å². The Hall–Kier alpha value is -1.51. The third-order valence-corrected chi connectivity index (χ3v) is 3.42. The number of halogens is 1. The first-order chi connectivity index (χ1) is 9.10. The summed E-state index contributed by atoms with van der Waals surface area (Å²) < 4.78 is 0. The highest BCUT2D eigenvalue weighted by Gasteiger charge is 2.08. The first-order valence-electron chi connectivity index (χ1n) is 6.35. The van der Waals surface area contributed by atoms with Crippen molar-refractivity contribution in [1.82, 2.24) is 0 Å². The first-order valence-corrected chi connectivity index (χ1v) is 6.73. The maximum Gasteiger partial charge on any atom is 0.0427 e. The second-order valence-corrected chi connectivity index (χ2v) is 5.26. The van der Waals surface area contributed by atoms with Crippen LogP contribution in [-0.2, 0) is 13.1 Å². The van der Waals surface area contributed by atoms with Crippen molar-refractivity contribution in [3.63, 3.8) is 0 Å². The maximum absolute atomic E-state index is 6.08. The molecule has 2 aromatic carbocycles. The summed E-state index contributed by atoms with van der Waals surface area (Å²) in [6.45, 7) is 3.47. The second-order valence-electron chi connectivity index (χ2n) is 4.82. The Bertz CT molecular complexity index is 566. The molecule has 2 N–H and O–H groups in total.